The minimum atomic E-state index is -3.31. The van der Waals surface area contributed by atoms with Gasteiger partial charge in [0.1, 0.15) is 11.1 Å². The Morgan fingerprint density at radius 1 is 1.50 bits per heavy atom. The van der Waals surface area contributed by atoms with Crippen molar-refractivity contribution in [1.82, 2.24) is 4.90 Å². The number of hydrogen-bond acceptors (Lipinski definition) is 5. The molecule has 1 aromatic rings. The van der Waals surface area contributed by atoms with E-state index in [0.717, 1.165) is 5.75 Å². The Balaban J connectivity index is 2.31. The van der Waals surface area contributed by atoms with E-state index in [-0.39, 0.29) is 17.4 Å². The SMILES string of the molecule is CCS(=O)(=O)C1CSCCN1C(=O)c1cccc(O)c1. The van der Waals surface area contributed by atoms with E-state index in [4.69, 9.17) is 0 Å². The average Bonchev–Trinajstić information content (AvgIpc) is 2.46. The first-order chi connectivity index (χ1) is 9.45. The zero-order valence-corrected chi connectivity index (χ0v) is 12.8. The van der Waals surface area contributed by atoms with Gasteiger partial charge in [0.15, 0.2) is 9.84 Å². The lowest BCUT2D eigenvalue weighted by Gasteiger charge is -2.34. The molecule has 20 heavy (non-hydrogen) atoms. The van der Waals surface area contributed by atoms with Crippen molar-refractivity contribution >= 4 is 27.5 Å². The molecule has 0 aliphatic carbocycles. The maximum atomic E-state index is 12.5. The second-order valence-electron chi connectivity index (χ2n) is 4.53. The Morgan fingerprint density at radius 2 is 2.25 bits per heavy atom. The lowest BCUT2D eigenvalue weighted by Crippen LogP contribution is -2.50. The summed E-state index contributed by atoms with van der Waals surface area (Å²) in [4.78, 5) is 13.9. The summed E-state index contributed by atoms with van der Waals surface area (Å²) in [6.45, 7) is 1.99. The van der Waals surface area contributed by atoms with Gasteiger partial charge in [-0.3, -0.25) is 4.79 Å². The molecule has 0 saturated carbocycles. The Morgan fingerprint density at radius 3 is 2.90 bits per heavy atom. The van der Waals surface area contributed by atoms with Crippen LogP contribution in [0.15, 0.2) is 24.3 Å². The summed E-state index contributed by atoms with van der Waals surface area (Å²) < 4.78 is 24.2. The van der Waals surface area contributed by atoms with Gasteiger partial charge in [0.05, 0.1) is 0 Å². The number of amides is 1. The molecule has 1 unspecified atom stereocenters. The van der Waals surface area contributed by atoms with Crippen molar-refractivity contribution < 1.29 is 18.3 Å². The van der Waals surface area contributed by atoms with E-state index in [1.54, 1.807) is 30.8 Å². The van der Waals surface area contributed by atoms with Crippen LogP contribution >= 0.6 is 11.8 Å². The maximum absolute atomic E-state index is 12.5. The summed E-state index contributed by atoms with van der Waals surface area (Å²) in [6.07, 6.45) is 0. The second kappa shape index (κ2) is 6.05. The Labute approximate surface area is 122 Å². The topological polar surface area (TPSA) is 74.7 Å². The Kier molecular flexibility index (Phi) is 4.59. The molecule has 1 atom stereocenters. The molecule has 1 saturated heterocycles. The predicted octanol–water partition coefficient (Wildman–Crippen LogP) is 1.34. The normalized spacial score (nSPS) is 19.9. The fraction of sp³-hybridized carbons (Fsp3) is 0.462. The van der Waals surface area contributed by atoms with Crippen LogP contribution in [0, 0.1) is 0 Å². The van der Waals surface area contributed by atoms with Gasteiger partial charge < -0.3 is 10.0 Å². The number of rotatable bonds is 3. The van der Waals surface area contributed by atoms with Crippen LogP contribution in [-0.4, -0.2) is 53.5 Å². The van der Waals surface area contributed by atoms with E-state index in [2.05, 4.69) is 0 Å². The molecule has 1 heterocycles. The summed E-state index contributed by atoms with van der Waals surface area (Å²) in [5.74, 6) is 0.795. The van der Waals surface area contributed by atoms with E-state index in [0.29, 0.717) is 17.9 Å². The monoisotopic (exact) mass is 315 g/mol. The zero-order chi connectivity index (χ0) is 14.8. The van der Waals surface area contributed by atoms with Gasteiger partial charge in [-0.25, -0.2) is 8.42 Å². The van der Waals surface area contributed by atoms with Crippen LogP contribution < -0.4 is 0 Å². The largest absolute Gasteiger partial charge is 0.508 e. The molecule has 0 radical (unpaired) electrons. The van der Waals surface area contributed by atoms with E-state index >= 15 is 0 Å². The highest BCUT2D eigenvalue weighted by atomic mass is 32.2. The van der Waals surface area contributed by atoms with Gasteiger partial charge in [0, 0.05) is 29.4 Å². The number of thioether (sulfide) groups is 1. The van der Waals surface area contributed by atoms with Gasteiger partial charge in [-0.1, -0.05) is 13.0 Å². The number of benzene rings is 1. The minimum absolute atomic E-state index is 0.00265. The molecular formula is C13H17NO4S2. The van der Waals surface area contributed by atoms with Crippen LogP contribution in [0.4, 0.5) is 0 Å². The van der Waals surface area contributed by atoms with Crippen LogP contribution in [0.25, 0.3) is 0 Å². The molecular weight excluding hydrogens is 298 g/mol. The standard InChI is InChI=1S/C13H17NO4S2/c1-2-20(17,18)12-9-19-7-6-14(12)13(16)10-4-3-5-11(15)8-10/h3-5,8,12,15H,2,6-7,9H2,1H3. The lowest BCUT2D eigenvalue weighted by atomic mass is 10.2. The molecule has 1 aliphatic rings. The molecule has 1 N–H and O–H groups in total. The fourth-order valence-electron chi connectivity index (χ4n) is 2.11. The van der Waals surface area contributed by atoms with Gasteiger partial charge in [-0.05, 0) is 18.2 Å². The first kappa shape index (κ1) is 15.2. The molecule has 7 heteroatoms. The number of sulfone groups is 1. The van der Waals surface area contributed by atoms with E-state index in [1.807, 2.05) is 0 Å². The Bertz CT molecular complexity index is 600. The third-order valence-corrected chi connectivity index (χ3v) is 6.54. The quantitative estimate of drug-likeness (QED) is 0.911. The van der Waals surface area contributed by atoms with Gasteiger partial charge >= 0.3 is 0 Å². The first-order valence-corrected chi connectivity index (χ1v) is 9.22. The minimum Gasteiger partial charge on any atom is -0.508 e. The predicted molar refractivity (Wildman–Crippen MR) is 79.7 cm³/mol. The van der Waals surface area contributed by atoms with Gasteiger partial charge in [-0.2, -0.15) is 11.8 Å². The molecule has 1 aromatic carbocycles. The van der Waals surface area contributed by atoms with Crippen LogP contribution in [-0.2, 0) is 9.84 Å². The second-order valence-corrected chi connectivity index (χ2v) is 8.13. The maximum Gasteiger partial charge on any atom is 0.255 e. The van der Waals surface area contributed by atoms with Crippen LogP contribution in [0.3, 0.4) is 0 Å². The van der Waals surface area contributed by atoms with Gasteiger partial charge in [-0.15, -0.1) is 0 Å². The smallest absolute Gasteiger partial charge is 0.255 e. The van der Waals surface area contributed by atoms with Gasteiger partial charge in [0.25, 0.3) is 5.91 Å². The highest BCUT2D eigenvalue weighted by molar-refractivity contribution is 8.01. The highest BCUT2D eigenvalue weighted by Gasteiger charge is 2.36. The van der Waals surface area contributed by atoms with Crippen molar-refractivity contribution in [1.29, 1.82) is 0 Å². The number of carbonyl (C=O) groups excluding carboxylic acids is 1. The highest BCUT2D eigenvalue weighted by Crippen LogP contribution is 2.24. The van der Waals surface area contributed by atoms with Crippen molar-refractivity contribution in [3.63, 3.8) is 0 Å². The number of nitrogens with zero attached hydrogens (tertiary/aromatic N) is 1. The third kappa shape index (κ3) is 3.09. The molecule has 1 amide bonds. The molecule has 110 valence electrons. The van der Waals surface area contributed by atoms with Crippen LogP contribution in [0.1, 0.15) is 17.3 Å². The van der Waals surface area contributed by atoms with Crippen molar-refractivity contribution in [2.24, 2.45) is 0 Å². The molecule has 5 nitrogen and oxygen atoms in total. The lowest BCUT2D eigenvalue weighted by molar-refractivity contribution is 0.0749. The van der Waals surface area contributed by atoms with Crippen molar-refractivity contribution in [3.8, 4) is 5.75 Å². The van der Waals surface area contributed by atoms with Crippen molar-refractivity contribution in [2.45, 2.75) is 12.3 Å². The van der Waals surface area contributed by atoms with E-state index in [1.165, 1.54) is 17.0 Å². The summed E-state index contributed by atoms with van der Waals surface area (Å²) in [6, 6.07) is 5.99. The fourth-order valence-corrected chi connectivity index (χ4v) is 5.07. The number of hydrogen-bond donors (Lipinski definition) is 1. The molecule has 0 spiro atoms. The number of phenolic OH excluding ortho intramolecular Hbond substituents is 1. The summed E-state index contributed by atoms with van der Waals surface area (Å²) >= 11 is 1.54. The summed E-state index contributed by atoms with van der Waals surface area (Å²) in [5.41, 5.74) is 0.313. The molecule has 1 fully saturated rings. The number of aromatic hydroxyl groups is 1. The van der Waals surface area contributed by atoms with Crippen LogP contribution in [0.2, 0.25) is 0 Å². The molecule has 1 aliphatic heterocycles. The summed E-state index contributed by atoms with van der Waals surface area (Å²) in [7, 11) is -3.31. The van der Waals surface area contributed by atoms with Crippen LogP contribution in [0.5, 0.6) is 5.75 Å². The first-order valence-electron chi connectivity index (χ1n) is 6.35. The number of carbonyl (C=O) groups is 1. The third-order valence-electron chi connectivity index (χ3n) is 3.26. The average molecular weight is 315 g/mol. The molecule has 2 rings (SSSR count). The van der Waals surface area contributed by atoms with Gasteiger partial charge in [0.2, 0.25) is 0 Å². The summed E-state index contributed by atoms with van der Waals surface area (Å²) in [5, 5.41) is 8.66. The van der Waals surface area contributed by atoms with Crippen molar-refractivity contribution in [2.75, 3.05) is 23.8 Å². The van der Waals surface area contributed by atoms with E-state index < -0.39 is 15.2 Å². The zero-order valence-electron chi connectivity index (χ0n) is 11.2. The van der Waals surface area contributed by atoms with E-state index in [9.17, 15) is 18.3 Å². The van der Waals surface area contributed by atoms with Crippen molar-refractivity contribution in [3.05, 3.63) is 29.8 Å². The molecule has 0 bridgehead atoms. The number of phenols is 1. The Hall–Kier alpha value is -1.21. The molecule has 0 aromatic heterocycles.